The van der Waals surface area contributed by atoms with E-state index < -0.39 is 34.3 Å². The molecule has 0 radical (unpaired) electrons. The van der Waals surface area contributed by atoms with Crippen molar-refractivity contribution in [2.45, 2.75) is 62.6 Å². The maximum atomic E-state index is 14.6. The molecule has 39 heavy (non-hydrogen) atoms. The van der Waals surface area contributed by atoms with Gasteiger partial charge >= 0.3 is 0 Å². The van der Waals surface area contributed by atoms with Gasteiger partial charge in [0.05, 0.1) is 10.6 Å². The number of anilines is 1. The fraction of sp³-hybridized carbons (Fsp3) is 0.333. The Labute approximate surface area is 229 Å². The van der Waals surface area contributed by atoms with Gasteiger partial charge in [0.25, 0.3) is 10.0 Å². The number of halogens is 1. The standard InChI is InChI=1S/C30H34FN3O4S/c1-23(30(36)32-25-14-5-2-6-15-25)33(21-24-13-11-12-20-28(24)31)29(35)22-34(26-16-7-3-8-17-26)39(37,38)27-18-9-4-10-19-27/h3-4,7-13,16-20,23,25H,2,5-6,14-15,21-22H2,1H3,(H,32,36)/t23-/m1/s1. The van der Waals surface area contributed by atoms with Crippen molar-refractivity contribution in [3.63, 3.8) is 0 Å². The molecule has 1 saturated carbocycles. The summed E-state index contributed by atoms with van der Waals surface area (Å²) in [5.41, 5.74) is 0.542. The third-order valence-electron chi connectivity index (χ3n) is 7.07. The van der Waals surface area contributed by atoms with Crippen molar-refractivity contribution >= 4 is 27.5 Å². The zero-order chi connectivity index (χ0) is 27.8. The summed E-state index contributed by atoms with van der Waals surface area (Å²) in [6.07, 6.45) is 4.93. The van der Waals surface area contributed by atoms with Crippen LogP contribution in [0.2, 0.25) is 0 Å². The molecule has 3 aromatic carbocycles. The fourth-order valence-corrected chi connectivity index (χ4v) is 6.24. The van der Waals surface area contributed by atoms with E-state index >= 15 is 0 Å². The smallest absolute Gasteiger partial charge is 0.264 e. The highest BCUT2D eigenvalue weighted by atomic mass is 32.2. The summed E-state index contributed by atoms with van der Waals surface area (Å²) < 4.78 is 43.0. The minimum Gasteiger partial charge on any atom is -0.352 e. The van der Waals surface area contributed by atoms with Crippen LogP contribution in [0.4, 0.5) is 10.1 Å². The lowest BCUT2D eigenvalue weighted by atomic mass is 9.95. The zero-order valence-electron chi connectivity index (χ0n) is 22.0. The predicted octanol–water partition coefficient (Wildman–Crippen LogP) is 4.89. The zero-order valence-corrected chi connectivity index (χ0v) is 22.8. The Morgan fingerprint density at radius 2 is 1.49 bits per heavy atom. The Kier molecular flexibility index (Phi) is 9.35. The molecule has 7 nitrogen and oxygen atoms in total. The Morgan fingerprint density at radius 1 is 0.897 bits per heavy atom. The van der Waals surface area contributed by atoms with Gasteiger partial charge in [0, 0.05) is 18.2 Å². The Morgan fingerprint density at radius 3 is 2.13 bits per heavy atom. The van der Waals surface area contributed by atoms with E-state index in [1.165, 1.54) is 23.1 Å². The summed E-state index contributed by atoms with van der Waals surface area (Å²) in [6, 6.07) is 21.3. The van der Waals surface area contributed by atoms with Crippen LogP contribution in [0.25, 0.3) is 0 Å². The van der Waals surface area contributed by atoms with Crippen molar-refractivity contribution in [2.75, 3.05) is 10.8 Å². The van der Waals surface area contributed by atoms with Crippen LogP contribution in [0.5, 0.6) is 0 Å². The molecule has 0 saturated heterocycles. The molecular weight excluding hydrogens is 517 g/mol. The molecule has 1 atom stereocenters. The number of amides is 2. The monoisotopic (exact) mass is 551 g/mol. The minimum atomic E-state index is -4.12. The fourth-order valence-electron chi connectivity index (χ4n) is 4.80. The number of carbonyl (C=O) groups is 2. The van der Waals surface area contributed by atoms with Gasteiger partial charge in [-0.15, -0.1) is 0 Å². The summed E-state index contributed by atoms with van der Waals surface area (Å²) in [4.78, 5) is 28.4. The summed E-state index contributed by atoms with van der Waals surface area (Å²) >= 11 is 0. The first-order valence-electron chi connectivity index (χ1n) is 13.2. The van der Waals surface area contributed by atoms with E-state index in [2.05, 4.69) is 5.32 Å². The van der Waals surface area contributed by atoms with E-state index in [1.54, 1.807) is 73.7 Å². The lowest BCUT2D eigenvalue weighted by Crippen LogP contribution is -2.53. The average molecular weight is 552 g/mol. The maximum Gasteiger partial charge on any atom is 0.264 e. The third kappa shape index (κ3) is 7.03. The second kappa shape index (κ2) is 12.9. The molecule has 1 N–H and O–H groups in total. The summed E-state index contributed by atoms with van der Waals surface area (Å²) in [7, 11) is -4.12. The lowest BCUT2D eigenvalue weighted by molar-refractivity contribution is -0.139. The number of sulfonamides is 1. The molecule has 1 fully saturated rings. The van der Waals surface area contributed by atoms with E-state index in [4.69, 9.17) is 0 Å². The Bertz CT molecular complexity index is 1360. The highest BCUT2D eigenvalue weighted by Crippen LogP contribution is 2.25. The first-order chi connectivity index (χ1) is 18.8. The molecule has 0 aliphatic heterocycles. The number of rotatable bonds is 10. The van der Waals surface area contributed by atoms with Gasteiger partial charge in [0.15, 0.2) is 0 Å². The molecule has 1 aliphatic rings. The summed E-state index contributed by atoms with van der Waals surface area (Å²) in [5, 5.41) is 3.04. The number of hydrogen-bond acceptors (Lipinski definition) is 4. The van der Waals surface area contributed by atoms with Crippen LogP contribution in [-0.2, 0) is 26.2 Å². The van der Waals surface area contributed by atoms with Gasteiger partial charge < -0.3 is 10.2 Å². The molecule has 1 aliphatic carbocycles. The van der Waals surface area contributed by atoms with Crippen LogP contribution in [-0.4, -0.2) is 43.8 Å². The lowest BCUT2D eigenvalue weighted by Gasteiger charge is -2.33. The van der Waals surface area contributed by atoms with Gasteiger partial charge in [-0.05, 0) is 50.1 Å². The van der Waals surface area contributed by atoms with E-state index in [0.717, 1.165) is 36.4 Å². The molecule has 9 heteroatoms. The van der Waals surface area contributed by atoms with Gasteiger partial charge in [-0.2, -0.15) is 0 Å². The maximum absolute atomic E-state index is 14.6. The van der Waals surface area contributed by atoms with Crippen molar-refractivity contribution in [1.82, 2.24) is 10.2 Å². The second-order valence-corrected chi connectivity index (χ2v) is 11.7. The van der Waals surface area contributed by atoms with Gasteiger partial charge in [-0.3, -0.25) is 13.9 Å². The van der Waals surface area contributed by atoms with Crippen molar-refractivity contribution in [1.29, 1.82) is 0 Å². The number of benzene rings is 3. The van der Waals surface area contributed by atoms with E-state index in [-0.39, 0.29) is 29.0 Å². The molecule has 3 aromatic rings. The van der Waals surface area contributed by atoms with Gasteiger partial charge in [0.1, 0.15) is 18.4 Å². The van der Waals surface area contributed by atoms with Crippen LogP contribution >= 0.6 is 0 Å². The molecule has 4 rings (SSSR count). The van der Waals surface area contributed by atoms with E-state index in [0.29, 0.717) is 5.69 Å². The molecule has 2 amide bonds. The molecular formula is C30H34FN3O4S. The van der Waals surface area contributed by atoms with Crippen molar-refractivity contribution < 1.29 is 22.4 Å². The molecule has 0 aromatic heterocycles. The van der Waals surface area contributed by atoms with Crippen LogP contribution in [0.1, 0.15) is 44.6 Å². The number of para-hydroxylation sites is 1. The summed E-state index contributed by atoms with van der Waals surface area (Å²) in [6.45, 7) is 0.852. The Balaban J connectivity index is 1.65. The number of hydrogen-bond donors (Lipinski definition) is 1. The van der Waals surface area contributed by atoms with Crippen LogP contribution < -0.4 is 9.62 Å². The van der Waals surface area contributed by atoms with Crippen LogP contribution in [0.15, 0.2) is 89.8 Å². The second-order valence-electron chi connectivity index (χ2n) is 9.79. The number of nitrogens with zero attached hydrogens (tertiary/aromatic N) is 2. The topological polar surface area (TPSA) is 86.8 Å². The normalized spacial score (nSPS) is 14.8. The molecule has 0 spiro atoms. The van der Waals surface area contributed by atoms with Crippen molar-refractivity contribution in [3.8, 4) is 0 Å². The van der Waals surface area contributed by atoms with Gasteiger partial charge in [-0.1, -0.05) is 73.9 Å². The molecule has 0 heterocycles. The largest absolute Gasteiger partial charge is 0.352 e. The third-order valence-corrected chi connectivity index (χ3v) is 8.86. The number of nitrogens with one attached hydrogen (secondary N) is 1. The first kappa shape index (κ1) is 28.3. The highest BCUT2D eigenvalue weighted by molar-refractivity contribution is 7.92. The minimum absolute atomic E-state index is 0.0263. The Hall–Kier alpha value is -3.72. The molecule has 206 valence electrons. The van der Waals surface area contributed by atoms with Crippen molar-refractivity contribution in [3.05, 3.63) is 96.3 Å². The quantitative estimate of drug-likeness (QED) is 0.389. The van der Waals surface area contributed by atoms with Crippen LogP contribution in [0, 0.1) is 5.82 Å². The number of carbonyl (C=O) groups excluding carboxylic acids is 2. The summed E-state index contributed by atoms with van der Waals surface area (Å²) in [5.74, 6) is -1.47. The molecule has 0 bridgehead atoms. The average Bonchev–Trinajstić information content (AvgIpc) is 2.96. The van der Waals surface area contributed by atoms with E-state index in [1.807, 2.05) is 0 Å². The van der Waals surface area contributed by atoms with Gasteiger partial charge in [-0.25, -0.2) is 12.8 Å². The molecule has 0 unspecified atom stereocenters. The predicted molar refractivity (Wildman–Crippen MR) is 149 cm³/mol. The van der Waals surface area contributed by atoms with Gasteiger partial charge in [0.2, 0.25) is 11.8 Å². The van der Waals surface area contributed by atoms with Crippen LogP contribution in [0.3, 0.4) is 0 Å². The van der Waals surface area contributed by atoms with E-state index in [9.17, 15) is 22.4 Å². The first-order valence-corrected chi connectivity index (χ1v) is 14.7. The SMILES string of the molecule is C[C@H](C(=O)NC1CCCCC1)N(Cc1ccccc1F)C(=O)CN(c1ccccc1)S(=O)(=O)c1ccccc1. The van der Waals surface area contributed by atoms with Crippen molar-refractivity contribution in [2.24, 2.45) is 0 Å². The highest BCUT2D eigenvalue weighted by Gasteiger charge is 2.33.